The molecule has 1 aliphatic carbocycles. The van der Waals surface area contributed by atoms with Gasteiger partial charge in [-0.05, 0) is 25.0 Å². The van der Waals surface area contributed by atoms with Gasteiger partial charge in [0.05, 0.1) is 24.1 Å². The lowest BCUT2D eigenvalue weighted by molar-refractivity contribution is -0.140. The van der Waals surface area contributed by atoms with E-state index < -0.39 is 6.10 Å². The van der Waals surface area contributed by atoms with Crippen LogP contribution in [0.3, 0.4) is 0 Å². The second kappa shape index (κ2) is 7.85. The number of benzene rings is 1. The first-order valence-electron chi connectivity index (χ1n) is 10.1. The third-order valence-electron chi connectivity index (χ3n) is 6.10. The highest BCUT2D eigenvalue weighted by Gasteiger charge is 2.48. The summed E-state index contributed by atoms with van der Waals surface area (Å²) in [5.74, 6) is -0.811. The highest BCUT2D eigenvalue weighted by Crippen LogP contribution is 2.38. The van der Waals surface area contributed by atoms with Gasteiger partial charge in [-0.15, -0.1) is 0 Å². The lowest BCUT2D eigenvalue weighted by atomic mass is 9.81. The summed E-state index contributed by atoms with van der Waals surface area (Å²) in [7, 11) is 1.52. The number of hydrogen-bond acceptors (Lipinski definition) is 5. The molecule has 0 radical (unpaired) electrons. The van der Waals surface area contributed by atoms with Crippen LogP contribution in [0.15, 0.2) is 24.3 Å². The molecule has 2 aliphatic heterocycles. The highest BCUT2D eigenvalue weighted by molar-refractivity contribution is 6.06. The summed E-state index contributed by atoms with van der Waals surface area (Å²) in [5, 5.41) is 2.54. The molecule has 154 valence electrons. The summed E-state index contributed by atoms with van der Waals surface area (Å²) in [6, 6.07) is 7.04. The minimum Gasteiger partial charge on any atom is -0.477 e. The van der Waals surface area contributed by atoms with Gasteiger partial charge < -0.3 is 15.0 Å². The molecule has 0 bridgehead atoms. The van der Waals surface area contributed by atoms with Crippen LogP contribution in [-0.4, -0.2) is 54.8 Å². The van der Waals surface area contributed by atoms with E-state index in [9.17, 15) is 19.2 Å². The Hall–Kier alpha value is -2.90. The fourth-order valence-electron chi connectivity index (χ4n) is 4.56. The summed E-state index contributed by atoms with van der Waals surface area (Å²) in [4.78, 5) is 53.1. The number of imide groups is 1. The maximum Gasteiger partial charge on any atom is 0.262 e. The molecule has 1 aromatic rings. The number of carbonyl (C=O) groups is 4. The fraction of sp³-hybridized carbons (Fsp3) is 0.524. The summed E-state index contributed by atoms with van der Waals surface area (Å²) in [6.45, 7) is 0.163. The first kappa shape index (κ1) is 19.4. The number of hydrogen-bond donors (Lipinski definition) is 1. The van der Waals surface area contributed by atoms with Crippen LogP contribution < -0.4 is 15.0 Å². The van der Waals surface area contributed by atoms with Crippen molar-refractivity contribution in [3.05, 3.63) is 24.3 Å². The topological polar surface area (TPSA) is 96.0 Å². The first-order valence-corrected chi connectivity index (χ1v) is 10.1. The van der Waals surface area contributed by atoms with Crippen molar-refractivity contribution >= 4 is 29.3 Å². The van der Waals surface area contributed by atoms with Gasteiger partial charge in [-0.2, -0.15) is 0 Å². The van der Waals surface area contributed by atoms with Crippen molar-refractivity contribution < 1.29 is 23.9 Å². The number of ether oxygens (including phenoxy) is 1. The van der Waals surface area contributed by atoms with E-state index in [1.165, 1.54) is 16.8 Å². The number of fused-ring (bicyclic) bond motifs is 2. The SMILES string of the molecule is CNC(=O)[C@@H]1CN(C(=O)CCN2C(=O)[C@@H]3CCCC[C@H]3C2=O)c2ccccc2O1. The Morgan fingerprint density at radius 1 is 1.10 bits per heavy atom. The van der Waals surface area contributed by atoms with Gasteiger partial charge in [-0.3, -0.25) is 24.1 Å². The maximum absolute atomic E-state index is 13.0. The zero-order valence-corrected chi connectivity index (χ0v) is 16.4. The second-order valence-corrected chi connectivity index (χ2v) is 7.77. The molecule has 3 aliphatic rings. The van der Waals surface area contributed by atoms with E-state index in [-0.39, 0.29) is 55.0 Å². The van der Waals surface area contributed by atoms with Crippen molar-refractivity contribution in [3.63, 3.8) is 0 Å². The van der Waals surface area contributed by atoms with Gasteiger partial charge in [-0.25, -0.2) is 0 Å². The van der Waals surface area contributed by atoms with Crippen LogP contribution in [0, 0.1) is 11.8 Å². The Labute approximate surface area is 169 Å². The van der Waals surface area contributed by atoms with E-state index in [1.54, 1.807) is 24.3 Å². The lowest BCUT2D eigenvalue weighted by Gasteiger charge is -2.34. The quantitative estimate of drug-likeness (QED) is 0.765. The van der Waals surface area contributed by atoms with Crippen molar-refractivity contribution in [2.45, 2.75) is 38.2 Å². The normalized spacial score (nSPS) is 25.9. The van der Waals surface area contributed by atoms with Gasteiger partial charge in [-0.1, -0.05) is 25.0 Å². The van der Waals surface area contributed by atoms with E-state index in [1.807, 2.05) is 0 Å². The second-order valence-electron chi connectivity index (χ2n) is 7.77. The molecule has 0 spiro atoms. The third-order valence-corrected chi connectivity index (χ3v) is 6.10. The van der Waals surface area contributed by atoms with E-state index >= 15 is 0 Å². The molecular formula is C21H25N3O5. The van der Waals surface area contributed by atoms with Crippen molar-refractivity contribution in [2.24, 2.45) is 11.8 Å². The van der Waals surface area contributed by atoms with Gasteiger partial charge in [0.25, 0.3) is 5.91 Å². The average molecular weight is 399 g/mol. The minimum absolute atomic E-state index is 0.0196. The first-order chi connectivity index (χ1) is 14.0. The molecule has 0 unspecified atom stereocenters. The Balaban J connectivity index is 1.47. The molecule has 2 fully saturated rings. The molecule has 1 aromatic carbocycles. The predicted octanol–water partition coefficient (Wildman–Crippen LogP) is 1.09. The molecule has 1 N–H and O–H groups in total. The molecule has 0 aromatic heterocycles. The number of nitrogens with one attached hydrogen (secondary N) is 1. The molecular weight excluding hydrogens is 374 g/mol. The van der Waals surface area contributed by atoms with Gasteiger partial charge in [0.2, 0.25) is 17.7 Å². The zero-order valence-electron chi connectivity index (χ0n) is 16.4. The molecule has 3 atom stereocenters. The predicted molar refractivity (Wildman–Crippen MR) is 104 cm³/mol. The molecule has 2 heterocycles. The molecule has 4 rings (SSSR count). The van der Waals surface area contributed by atoms with Crippen LogP contribution >= 0.6 is 0 Å². The molecule has 1 saturated carbocycles. The molecule has 8 nitrogen and oxygen atoms in total. The Kier molecular flexibility index (Phi) is 5.25. The van der Waals surface area contributed by atoms with Gasteiger partial charge >= 0.3 is 0 Å². The third kappa shape index (κ3) is 3.47. The number of anilines is 1. The maximum atomic E-state index is 13.0. The van der Waals surface area contributed by atoms with Crippen molar-refractivity contribution in [2.75, 3.05) is 25.0 Å². The van der Waals surface area contributed by atoms with Crippen LogP contribution in [0.5, 0.6) is 5.75 Å². The van der Waals surface area contributed by atoms with Crippen molar-refractivity contribution in [1.82, 2.24) is 10.2 Å². The van der Waals surface area contributed by atoms with Gasteiger partial charge in [0, 0.05) is 20.0 Å². The number of rotatable bonds is 4. The van der Waals surface area contributed by atoms with E-state index in [0.717, 1.165) is 25.7 Å². The summed E-state index contributed by atoms with van der Waals surface area (Å²) >= 11 is 0. The minimum atomic E-state index is -0.809. The van der Waals surface area contributed by atoms with E-state index in [4.69, 9.17) is 4.74 Å². The lowest BCUT2D eigenvalue weighted by Crippen LogP contribution is -2.50. The largest absolute Gasteiger partial charge is 0.477 e. The number of amides is 4. The number of likely N-dealkylation sites (N-methyl/N-ethyl adjacent to an activating group) is 1. The number of nitrogens with zero attached hydrogens (tertiary/aromatic N) is 2. The van der Waals surface area contributed by atoms with Crippen LogP contribution in [0.2, 0.25) is 0 Å². The molecule has 29 heavy (non-hydrogen) atoms. The smallest absolute Gasteiger partial charge is 0.262 e. The van der Waals surface area contributed by atoms with Crippen LogP contribution in [0.4, 0.5) is 5.69 Å². The van der Waals surface area contributed by atoms with Crippen molar-refractivity contribution in [3.8, 4) is 5.75 Å². The average Bonchev–Trinajstić information content (AvgIpc) is 3.00. The standard InChI is InChI=1S/C21H25N3O5/c1-22-19(26)17-12-24(15-8-4-5-9-16(15)29-17)18(25)10-11-23-20(27)13-6-2-3-7-14(13)21(23)28/h4-5,8-9,13-14,17H,2-3,6-7,10-12H2,1H3,(H,22,26)/t13-,14-,17+/m1/s1. The fourth-order valence-corrected chi connectivity index (χ4v) is 4.56. The van der Waals surface area contributed by atoms with Gasteiger partial charge in [0.15, 0.2) is 6.10 Å². The van der Waals surface area contributed by atoms with Crippen LogP contribution in [0.25, 0.3) is 0 Å². The monoisotopic (exact) mass is 399 g/mol. The van der Waals surface area contributed by atoms with Crippen molar-refractivity contribution in [1.29, 1.82) is 0 Å². The molecule has 1 saturated heterocycles. The van der Waals surface area contributed by atoms with Crippen LogP contribution in [-0.2, 0) is 19.2 Å². The number of likely N-dealkylation sites (tertiary alicyclic amines) is 1. The Morgan fingerprint density at radius 3 is 2.41 bits per heavy atom. The van der Waals surface area contributed by atoms with Crippen LogP contribution in [0.1, 0.15) is 32.1 Å². The van der Waals surface area contributed by atoms with E-state index in [0.29, 0.717) is 11.4 Å². The van der Waals surface area contributed by atoms with Gasteiger partial charge in [0.1, 0.15) is 5.75 Å². The summed E-state index contributed by atoms with van der Waals surface area (Å²) < 4.78 is 5.72. The zero-order chi connectivity index (χ0) is 20.5. The number of carbonyl (C=O) groups excluding carboxylic acids is 4. The summed E-state index contributed by atoms with van der Waals surface area (Å²) in [5.41, 5.74) is 0.588. The summed E-state index contributed by atoms with van der Waals surface area (Å²) in [6.07, 6.45) is 2.66. The molecule has 8 heteroatoms. The highest BCUT2D eigenvalue weighted by atomic mass is 16.5. The Morgan fingerprint density at radius 2 is 1.76 bits per heavy atom. The Bertz CT molecular complexity index is 830. The number of para-hydroxylation sites is 2. The van der Waals surface area contributed by atoms with E-state index in [2.05, 4.69) is 5.32 Å². The molecule has 4 amide bonds.